The Bertz CT molecular complexity index is 434. The lowest BCUT2D eigenvalue weighted by Crippen LogP contribution is -2.21. The van der Waals surface area contributed by atoms with Gasteiger partial charge in [-0.1, -0.05) is 5.21 Å². The summed E-state index contributed by atoms with van der Waals surface area (Å²) in [6.45, 7) is 0. The summed E-state index contributed by atoms with van der Waals surface area (Å²) in [5, 5.41) is 7.11. The molecule has 60 valence electrons. The molecular formula is C5H4N6O. The number of nitrogens with zero attached hydrogens (tertiary/aromatic N) is 5. The maximum absolute atomic E-state index is 10.7. The molecule has 0 aliphatic rings. The van der Waals surface area contributed by atoms with Gasteiger partial charge in [0.25, 0.3) is 0 Å². The topological polar surface area (TPSA) is 99.6 Å². The molecule has 0 atom stereocenters. The number of amides is 1. The first-order valence-corrected chi connectivity index (χ1v) is 3.10. The van der Waals surface area contributed by atoms with E-state index < -0.39 is 6.03 Å². The van der Waals surface area contributed by atoms with Gasteiger partial charge < -0.3 is 5.73 Å². The Labute approximate surface area is 66.2 Å². The Kier molecular flexibility index (Phi) is 1.23. The van der Waals surface area contributed by atoms with E-state index in [0.29, 0.717) is 11.2 Å². The molecule has 2 aromatic heterocycles. The maximum Gasteiger partial charge on any atom is 0.342 e. The average molecular weight is 164 g/mol. The van der Waals surface area contributed by atoms with Crippen LogP contribution in [-0.4, -0.2) is 31.0 Å². The quantitative estimate of drug-likeness (QED) is 0.546. The van der Waals surface area contributed by atoms with E-state index in [2.05, 4.69) is 20.3 Å². The molecule has 0 aliphatic carbocycles. The van der Waals surface area contributed by atoms with Crippen LogP contribution in [0.2, 0.25) is 0 Å². The zero-order valence-electron chi connectivity index (χ0n) is 5.88. The molecular weight excluding hydrogens is 160 g/mol. The molecule has 12 heavy (non-hydrogen) atoms. The zero-order valence-corrected chi connectivity index (χ0v) is 5.88. The summed E-state index contributed by atoms with van der Waals surface area (Å²) in [6, 6.07) is -0.712. The van der Waals surface area contributed by atoms with Crippen molar-refractivity contribution in [3.8, 4) is 0 Å². The third kappa shape index (κ3) is 0.797. The van der Waals surface area contributed by atoms with Crippen LogP contribution in [0, 0.1) is 0 Å². The minimum absolute atomic E-state index is 0.317. The Balaban J connectivity index is 2.79. The summed E-state index contributed by atoms with van der Waals surface area (Å²) in [7, 11) is 0. The van der Waals surface area contributed by atoms with Crippen molar-refractivity contribution in [2.45, 2.75) is 0 Å². The van der Waals surface area contributed by atoms with Crippen molar-refractivity contribution in [2.75, 3.05) is 0 Å². The maximum atomic E-state index is 10.7. The van der Waals surface area contributed by atoms with Gasteiger partial charge >= 0.3 is 6.03 Å². The van der Waals surface area contributed by atoms with Crippen molar-refractivity contribution >= 4 is 17.2 Å². The fourth-order valence-electron chi connectivity index (χ4n) is 0.833. The highest BCUT2D eigenvalue weighted by atomic mass is 16.2. The monoisotopic (exact) mass is 164 g/mol. The first-order valence-electron chi connectivity index (χ1n) is 3.10. The van der Waals surface area contributed by atoms with Crippen molar-refractivity contribution in [2.24, 2.45) is 5.73 Å². The van der Waals surface area contributed by atoms with E-state index in [0.717, 1.165) is 4.68 Å². The molecule has 7 nitrogen and oxygen atoms in total. The summed E-state index contributed by atoms with van der Waals surface area (Å²) in [4.78, 5) is 18.2. The molecule has 0 aliphatic heterocycles. The van der Waals surface area contributed by atoms with Crippen LogP contribution in [-0.2, 0) is 0 Å². The van der Waals surface area contributed by atoms with Gasteiger partial charge in [-0.05, 0) is 0 Å². The van der Waals surface area contributed by atoms with Crippen molar-refractivity contribution < 1.29 is 4.79 Å². The number of nitrogens with two attached hydrogens (primary N) is 1. The molecule has 2 rings (SSSR count). The number of hydrogen-bond acceptors (Lipinski definition) is 5. The fourth-order valence-corrected chi connectivity index (χ4v) is 0.833. The molecule has 2 aromatic rings. The number of rotatable bonds is 0. The average Bonchev–Trinajstić information content (AvgIpc) is 2.47. The van der Waals surface area contributed by atoms with Crippen LogP contribution in [0.15, 0.2) is 12.5 Å². The van der Waals surface area contributed by atoms with Crippen molar-refractivity contribution in [3.63, 3.8) is 0 Å². The van der Waals surface area contributed by atoms with E-state index in [1.54, 1.807) is 0 Å². The third-order valence-corrected chi connectivity index (χ3v) is 1.32. The summed E-state index contributed by atoms with van der Waals surface area (Å²) in [5.41, 5.74) is 5.74. The van der Waals surface area contributed by atoms with Crippen LogP contribution in [0.5, 0.6) is 0 Å². The summed E-state index contributed by atoms with van der Waals surface area (Å²) in [5.74, 6) is 0. The van der Waals surface area contributed by atoms with Gasteiger partial charge in [-0.15, -0.1) is 9.78 Å². The SMILES string of the molecule is NC(=O)n1nnc2cncnc21. The molecule has 0 radical (unpaired) electrons. The normalized spacial score (nSPS) is 10.3. The smallest absolute Gasteiger partial charge is 0.342 e. The van der Waals surface area contributed by atoms with Crippen molar-refractivity contribution in [1.82, 2.24) is 25.0 Å². The number of aromatic nitrogens is 5. The lowest BCUT2D eigenvalue weighted by molar-refractivity contribution is 0.248. The van der Waals surface area contributed by atoms with E-state index >= 15 is 0 Å². The molecule has 0 unspecified atom stereocenters. The van der Waals surface area contributed by atoms with E-state index in [4.69, 9.17) is 5.73 Å². The predicted octanol–water partition coefficient (Wildman–Crippen LogP) is -0.852. The largest absolute Gasteiger partial charge is 0.350 e. The Hall–Kier alpha value is -2.05. The third-order valence-electron chi connectivity index (χ3n) is 1.32. The molecule has 0 fully saturated rings. The molecule has 2 heterocycles. The lowest BCUT2D eigenvalue weighted by atomic mass is 10.6. The predicted molar refractivity (Wildman–Crippen MR) is 38.1 cm³/mol. The van der Waals surface area contributed by atoms with Gasteiger partial charge in [0.05, 0.1) is 6.20 Å². The lowest BCUT2D eigenvalue weighted by Gasteiger charge is -1.90. The van der Waals surface area contributed by atoms with E-state index in [1.807, 2.05) is 0 Å². The second kappa shape index (κ2) is 2.22. The van der Waals surface area contributed by atoms with E-state index in [-0.39, 0.29) is 0 Å². The highest BCUT2D eigenvalue weighted by molar-refractivity contribution is 5.83. The summed E-state index contributed by atoms with van der Waals surface area (Å²) in [6.07, 6.45) is 2.75. The van der Waals surface area contributed by atoms with Gasteiger partial charge in [0.15, 0.2) is 11.2 Å². The first-order chi connectivity index (χ1) is 5.79. The number of hydrogen-bond donors (Lipinski definition) is 1. The zero-order chi connectivity index (χ0) is 8.55. The van der Waals surface area contributed by atoms with Crippen molar-refractivity contribution in [3.05, 3.63) is 12.5 Å². The van der Waals surface area contributed by atoms with E-state index in [9.17, 15) is 4.79 Å². The number of fused-ring (bicyclic) bond motifs is 1. The van der Waals surface area contributed by atoms with E-state index in [1.165, 1.54) is 12.5 Å². The van der Waals surface area contributed by atoms with Crippen LogP contribution in [0.1, 0.15) is 0 Å². The Morgan fingerprint density at radius 3 is 3.17 bits per heavy atom. The molecule has 0 spiro atoms. The molecule has 0 saturated carbocycles. The molecule has 2 N–H and O–H groups in total. The molecule has 0 bridgehead atoms. The number of primary amides is 1. The minimum atomic E-state index is -0.712. The molecule has 0 saturated heterocycles. The van der Waals surface area contributed by atoms with Crippen LogP contribution >= 0.6 is 0 Å². The number of carbonyl (C=O) groups excluding carboxylic acids is 1. The summed E-state index contributed by atoms with van der Waals surface area (Å²) < 4.78 is 0.914. The van der Waals surface area contributed by atoms with Crippen LogP contribution in [0.3, 0.4) is 0 Å². The van der Waals surface area contributed by atoms with Gasteiger partial charge in [-0.2, -0.15) is 0 Å². The molecule has 1 amide bonds. The Morgan fingerprint density at radius 2 is 2.42 bits per heavy atom. The fraction of sp³-hybridized carbons (Fsp3) is 0. The minimum Gasteiger partial charge on any atom is -0.350 e. The van der Waals surface area contributed by atoms with Gasteiger partial charge in [0.1, 0.15) is 6.33 Å². The highest BCUT2D eigenvalue weighted by Gasteiger charge is 2.08. The van der Waals surface area contributed by atoms with Gasteiger partial charge in [0.2, 0.25) is 0 Å². The molecule has 7 heteroatoms. The highest BCUT2D eigenvalue weighted by Crippen LogP contribution is 2.02. The van der Waals surface area contributed by atoms with Gasteiger partial charge in [-0.3, -0.25) is 0 Å². The first kappa shape index (κ1) is 6.65. The summed E-state index contributed by atoms with van der Waals surface area (Å²) >= 11 is 0. The van der Waals surface area contributed by atoms with Crippen LogP contribution < -0.4 is 5.73 Å². The van der Waals surface area contributed by atoms with Crippen molar-refractivity contribution in [1.29, 1.82) is 0 Å². The van der Waals surface area contributed by atoms with Gasteiger partial charge in [0, 0.05) is 0 Å². The van der Waals surface area contributed by atoms with Gasteiger partial charge in [-0.25, -0.2) is 14.8 Å². The Morgan fingerprint density at radius 1 is 1.58 bits per heavy atom. The number of carbonyl (C=O) groups is 1. The molecule has 0 aromatic carbocycles. The second-order valence-electron chi connectivity index (χ2n) is 2.07. The second-order valence-corrected chi connectivity index (χ2v) is 2.07. The van der Waals surface area contributed by atoms with Crippen LogP contribution in [0.4, 0.5) is 4.79 Å². The van der Waals surface area contributed by atoms with Crippen LogP contribution in [0.25, 0.3) is 11.2 Å². The standard InChI is InChI=1S/C5H4N6O/c6-5(12)11-4-3(9-10-11)1-7-2-8-4/h1-2H,(H2,6,12).